The zero-order valence-electron chi connectivity index (χ0n) is 12.0. The summed E-state index contributed by atoms with van der Waals surface area (Å²) in [6.45, 7) is 2.38. The maximum Gasteiger partial charge on any atom is 0.220 e. The third-order valence-electron chi connectivity index (χ3n) is 2.92. The van der Waals surface area contributed by atoms with E-state index in [9.17, 15) is 4.79 Å². The third kappa shape index (κ3) is 5.60. The van der Waals surface area contributed by atoms with E-state index in [0.29, 0.717) is 25.1 Å². The second-order valence-electron chi connectivity index (χ2n) is 4.78. The molecule has 0 radical (unpaired) electrons. The maximum absolute atomic E-state index is 11.8. The van der Waals surface area contributed by atoms with Crippen LogP contribution in [0.2, 0.25) is 0 Å². The fraction of sp³-hybridized carbons (Fsp3) is 0.312. The Morgan fingerprint density at radius 1 is 1.24 bits per heavy atom. The van der Waals surface area contributed by atoms with Crippen molar-refractivity contribution in [2.45, 2.75) is 25.9 Å². The van der Waals surface area contributed by atoms with Crippen LogP contribution in [0.4, 0.5) is 0 Å². The first-order valence-corrected chi connectivity index (χ1v) is 6.96. The van der Waals surface area contributed by atoms with Gasteiger partial charge in [-0.3, -0.25) is 14.8 Å². The van der Waals surface area contributed by atoms with Gasteiger partial charge in [-0.1, -0.05) is 6.07 Å². The molecule has 5 heteroatoms. The SMILES string of the molecule is C[C@@H](CNC(=O)CCc1cccnc1)Oc1cccnc1. The molecule has 0 aliphatic heterocycles. The molecule has 1 amide bonds. The summed E-state index contributed by atoms with van der Waals surface area (Å²) in [5.74, 6) is 0.718. The van der Waals surface area contributed by atoms with Crippen LogP contribution in [0, 0.1) is 0 Å². The van der Waals surface area contributed by atoms with Crippen molar-refractivity contribution in [3.63, 3.8) is 0 Å². The van der Waals surface area contributed by atoms with Crippen molar-refractivity contribution < 1.29 is 9.53 Å². The lowest BCUT2D eigenvalue weighted by Gasteiger charge is -2.15. The largest absolute Gasteiger partial charge is 0.487 e. The first kappa shape index (κ1) is 15.0. The third-order valence-corrected chi connectivity index (χ3v) is 2.92. The molecule has 0 aliphatic carbocycles. The highest BCUT2D eigenvalue weighted by Gasteiger charge is 2.07. The molecule has 0 unspecified atom stereocenters. The van der Waals surface area contributed by atoms with E-state index in [1.54, 1.807) is 24.8 Å². The summed E-state index contributed by atoms with van der Waals surface area (Å²) < 4.78 is 5.64. The van der Waals surface area contributed by atoms with E-state index in [-0.39, 0.29) is 12.0 Å². The summed E-state index contributed by atoms with van der Waals surface area (Å²) in [4.78, 5) is 19.8. The lowest BCUT2D eigenvalue weighted by atomic mass is 10.1. The van der Waals surface area contributed by atoms with Crippen LogP contribution in [0.3, 0.4) is 0 Å². The molecule has 0 saturated heterocycles. The number of rotatable bonds is 7. The van der Waals surface area contributed by atoms with Gasteiger partial charge in [-0.05, 0) is 37.1 Å². The topological polar surface area (TPSA) is 64.1 Å². The number of ether oxygens (including phenoxy) is 1. The van der Waals surface area contributed by atoms with Crippen LogP contribution < -0.4 is 10.1 Å². The molecule has 0 spiro atoms. The number of hydrogen-bond acceptors (Lipinski definition) is 4. The molecule has 0 aliphatic rings. The van der Waals surface area contributed by atoms with Gasteiger partial charge in [0, 0.05) is 25.0 Å². The zero-order valence-corrected chi connectivity index (χ0v) is 12.0. The van der Waals surface area contributed by atoms with E-state index in [4.69, 9.17) is 4.74 Å². The van der Waals surface area contributed by atoms with Crippen molar-refractivity contribution in [1.82, 2.24) is 15.3 Å². The standard InChI is InChI=1S/C16H19N3O2/c1-13(21-15-5-3-9-18-12-15)10-19-16(20)7-6-14-4-2-8-17-11-14/h2-5,8-9,11-13H,6-7,10H2,1H3,(H,19,20)/t13-/m0/s1. The number of amides is 1. The molecule has 1 N–H and O–H groups in total. The normalized spacial score (nSPS) is 11.7. The Hall–Kier alpha value is -2.43. The highest BCUT2D eigenvalue weighted by Crippen LogP contribution is 2.08. The predicted molar refractivity (Wildman–Crippen MR) is 79.9 cm³/mol. The highest BCUT2D eigenvalue weighted by molar-refractivity contribution is 5.76. The summed E-state index contributed by atoms with van der Waals surface area (Å²) in [5, 5.41) is 2.87. The second kappa shape index (κ2) is 7.99. The lowest BCUT2D eigenvalue weighted by molar-refractivity contribution is -0.121. The van der Waals surface area contributed by atoms with Gasteiger partial charge in [-0.25, -0.2) is 0 Å². The van der Waals surface area contributed by atoms with Crippen molar-refractivity contribution in [2.75, 3.05) is 6.54 Å². The summed E-state index contributed by atoms with van der Waals surface area (Å²) in [6, 6.07) is 7.49. The van der Waals surface area contributed by atoms with Crippen molar-refractivity contribution in [3.8, 4) is 5.75 Å². The average Bonchev–Trinajstić information content (AvgIpc) is 2.53. The molecule has 0 aromatic carbocycles. The van der Waals surface area contributed by atoms with Gasteiger partial charge < -0.3 is 10.1 Å². The van der Waals surface area contributed by atoms with Gasteiger partial charge in [0.25, 0.3) is 0 Å². The molecule has 21 heavy (non-hydrogen) atoms. The molecule has 2 aromatic heterocycles. The number of carbonyl (C=O) groups excluding carboxylic acids is 1. The number of aryl methyl sites for hydroxylation is 1. The van der Waals surface area contributed by atoms with E-state index in [1.165, 1.54) is 0 Å². The lowest BCUT2D eigenvalue weighted by Crippen LogP contribution is -2.33. The van der Waals surface area contributed by atoms with E-state index in [0.717, 1.165) is 5.56 Å². The van der Waals surface area contributed by atoms with Gasteiger partial charge in [0.2, 0.25) is 5.91 Å². The van der Waals surface area contributed by atoms with Crippen molar-refractivity contribution >= 4 is 5.91 Å². The minimum atomic E-state index is -0.100. The fourth-order valence-electron chi connectivity index (χ4n) is 1.84. The Kier molecular flexibility index (Phi) is 5.70. The van der Waals surface area contributed by atoms with Gasteiger partial charge in [0.05, 0.1) is 12.7 Å². The minimum Gasteiger partial charge on any atom is -0.487 e. The number of nitrogens with zero attached hydrogens (tertiary/aromatic N) is 2. The molecule has 1 atom stereocenters. The number of nitrogens with one attached hydrogen (secondary N) is 1. The van der Waals surface area contributed by atoms with Gasteiger partial charge >= 0.3 is 0 Å². The Bertz CT molecular complexity index is 546. The Morgan fingerprint density at radius 3 is 2.67 bits per heavy atom. The first-order chi connectivity index (χ1) is 10.2. The van der Waals surface area contributed by atoms with Crippen molar-refractivity contribution in [2.24, 2.45) is 0 Å². The van der Waals surface area contributed by atoms with E-state index >= 15 is 0 Å². The molecular formula is C16H19N3O2. The smallest absolute Gasteiger partial charge is 0.220 e. The van der Waals surface area contributed by atoms with Crippen LogP contribution in [0.15, 0.2) is 49.1 Å². The van der Waals surface area contributed by atoms with Crippen molar-refractivity contribution in [1.29, 1.82) is 0 Å². The molecule has 2 rings (SSSR count). The summed E-state index contributed by atoms with van der Waals surface area (Å²) in [5.41, 5.74) is 1.06. The van der Waals surface area contributed by atoms with Crippen LogP contribution in [0.25, 0.3) is 0 Å². The molecule has 110 valence electrons. The fourth-order valence-corrected chi connectivity index (χ4v) is 1.84. The molecule has 2 heterocycles. The monoisotopic (exact) mass is 285 g/mol. The average molecular weight is 285 g/mol. The van der Waals surface area contributed by atoms with Gasteiger partial charge in [-0.15, -0.1) is 0 Å². The summed E-state index contributed by atoms with van der Waals surface area (Å²) in [6.07, 6.45) is 7.89. The first-order valence-electron chi connectivity index (χ1n) is 6.96. The molecule has 5 nitrogen and oxygen atoms in total. The van der Waals surface area contributed by atoms with E-state index in [1.807, 2.05) is 31.2 Å². The number of pyridine rings is 2. The minimum absolute atomic E-state index is 0.0143. The van der Waals surface area contributed by atoms with Crippen LogP contribution in [0.5, 0.6) is 5.75 Å². The van der Waals surface area contributed by atoms with Crippen LogP contribution in [-0.2, 0) is 11.2 Å². The van der Waals surface area contributed by atoms with Crippen LogP contribution in [0.1, 0.15) is 18.9 Å². The summed E-state index contributed by atoms with van der Waals surface area (Å²) >= 11 is 0. The van der Waals surface area contributed by atoms with E-state index < -0.39 is 0 Å². The Labute approximate surface area is 124 Å². The summed E-state index contributed by atoms with van der Waals surface area (Å²) in [7, 11) is 0. The number of carbonyl (C=O) groups is 1. The number of hydrogen-bond donors (Lipinski definition) is 1. The van der Waals surface area contributed by atoms with Gasteiger partial charge in [-0.2, -0.15) is 0 Å². The van der Waals surface area contributed by atoms with Crippen molar-refractivity contribution in [3.05, 3.63) is 54.6 Å². The van der Waals surface area contributed by atoms with Gasteiger partial charge in [0.1, 0.15) is 11.9 Å². The molecular weight excluding hydrogens is 266 g/mol. The number of aromatic nitrogens is 2. The van der Waals surface area contributed by atoms with E-state index in [2.05, 4.69) is 15.3 Å². The Morgan fingerprint density at radius 2 is 2.00 bits per heavy atom. The molecule has 0 bridgehead atoms. The quantitative estimate of drug-likeness (QED) is 0.845. The van der Waals surface area contributed by atoms with Gasteiger partial charge in [0.15, 0.2) is 0 Å². The van der Waals surface area contributed by atoms with Crippen LogP contribution >= 0.6 is 0 Å². The molecule has 0 saturated carbocycles. The second-order valence-corrected chi connectivity index (χ2v) is 4.78. The zero-order chi connectivity index (χ0) is 14.9. The molecule has 0 fully saturated rings. The maximum atomic E-state index is 11.8. The Balaban J connectivity index is 1.66. The highest BCUT2D eigenvalue weighted by atomic mass is 16.5. The van der Waals surface area contributed by atoms with Crippen LogP contribution in [-0.4, -0.2) is 28.5 Å². The predicted octanol–water partition coefficient (Wildman–Crippen LogP) is 1.99. The molecule has 2 aromatic rings.